The Labute approximate surface area is 191 Å². The molecule has 0 saturated carbocycles. The van der Waals surface area contributed by atoms with Crippen molar-refractivity contribution in [1.29, 1.82) is 0 Å². The van der Waals surface area contributed by atoms with E-state index in [-0.39, 0.29) is 17.1 Å². The first-order valence-electron chi connectivity index (χ1n) is 10.5. The summed E-state index contributed by atoms with van der Waals surface area (Å²) in [5, 5.41) is 1.05. The van der Waals surface area contributed by atoms with Gasteiger partial charge in [-0.25, -0.2) is 0 Å². The van der Waals surface area contributed by atoms with Gasteiger partial charge in [0.05, 0.1) is 17.0 Å². The van der Waals surface area contributed by atoms with Crippen molar-refractivity contribution in [2.75, 3.05) is 4.90 Å². The van der Waals surface area contributed by atoms with E-state index < -0.39 is 6.04 Å². The Hall–Kier alpha value is -3.37. The number of aryl methyl sites for hydroxylation is 4. The summed E-state index contributed by atoms with van der Waals surface area (Å²) in [5.41, 5.74) is 6.10. The predicted molar refractivity (Wildman–Crippen MR) is 128 cm³/mol. The summed E-state index contributed by atoms with van der Waals surface area (Å²) in [5.74, 6) is -0.254. The Bertz CT molecular complexity index is 1470. The van der Waals surface area contributed by atoms with Gasteiger partial charge in [-0.15, -0.1) is 0 Å². The van der Waals surface area contributed by atoms with Gasteiger partial charge in [-0.2, -0.15) is 0 Å². The first-order valence-corrected chi connectivity index (χ1v) is 10.9. The van der Waals surface area contributed by atoms with Crippen molar-refractivity contribution in [2.24, 2.45) is 0 Å². The first kappa shape index (κ1) is 20.5. The molecule has 1 unspecified atom stereocenters. The van der Waals surface area contributed by atoms with Crippen LogP contribution in [-0.4, -0.2) is 5.91 Å². The molecule has 1 aliphatic rings. The Morgan fingerprint density at radius 1 is 0.844 bits per heavy atom. The second-order valence-electron chi connectivity index (χ2n) is 8.53. The molecule has 3 aromatic carbocycles. The number of carbonyl (C=O) groups excluding carboxylic acids is 1. The molecule has 32 heavy (non-hydrogen) atoms. The number of halogens is 1. The maximum atomic E-state index is 13.7. The van der Waals surface area contributed by atoms with Crippen molar-refractivity contribution >= 4 is 34.2 Å². The number of nitrogens with zero attached hydrogens (tertiary/aromatic N) is 1. The van der Waals surface area contributed by atoms with Gasteiger partial charge in [0.1, 0.15) is 5.58 Å². The highest BCUT2D eigenvalue weighted by molar-refractivity contribution is 6.31. The molecule has 4 nitrogen and oxygen atoms in total. The number of rotatable bonds is 2. The van der Waals surface area contributed by atoms with E-state index in [1.807, 2.05) is 76.2 Å². The molecule has 160 valence electrons. The molecule has 4 aromatic rings. The molecule has 0 fully saturated rings. The SMILES string of the molecule is Cc1ccc(C2c3c(oc4cc(C)c(C)cc4c3=O)C(=O)N2c2ccc(C)c(Cl)c2)cc1. The van der Waals surface area contributed by atoms with Gasteiger partial charge < -0.3 is 4.42 Å². The molecule has 0 bridgehead atoms. The van der Waals surface area contributed by atoms with E-state index in [0.29, 0.717) is 27.2 Å². The summed E-state index contributed by atoms with van der Waals surface area (Å²) in [6.07, 6.45) is 0. The van der Waals surface area contributed by atoms with Crippen molar-refractivity contribution in [2.45, 2.75) is 33.7 Å². The molecular formula is C27H22ClNO3. The molecular weight excluding hydrogens is 422 g/mol. The van der Waals surface area contributed by atoms with Crippen LogP contribution in [-0.2, 0) is 0 Å². The fourth-order valence-electron chi connectivity index (χ4n) is 4.29. The van der Waals surface area contributed by atoms with Crippen LogP contribution < -0.4 is 10.3 Å². The number of amides is 1. The average molecular weight is 444 g/mol. The zero-order valence-corrected chi connectivity index (χ0v) is 19.1. The Morgan fingerprint density at radius 3 is 2.22 bits per heavy atom. The molecule has 0 spiro atoms. The minimum atomic E-state index is -0.598. The highest BCUT2D eigenvalue weighted by atomic mass is 35.5. The summed E-state index contributed by atoms with van der Waals surface area (Å²) in [7, 11) is 0. The topological polar surface area (TPSA) is 50.5 Å². The standard InChI is InChI=1S/C27H22ClNO3/c1-14-5-8-18(9-6-14)24-23-25(30)20-11-16(3)17(4)12-22(20)32-26(23)27(31)29(24)19-10-7-15(2)21(28)13-19/h5-13,24H,1-4H3. The average Bonchev–Trinajstić information content (AvgIpc) is 3.05. The van der Waals surface area contributed by atoms with E-state index in [9.17, 15) is 9.59 Å². The normalized spacial score (nSPS) is 15.5. The lowest BCUT2D eigenvalue weighted by molar-refractivity contribution is 0.0971. The van der Waals surface area contributed by atoms with E-state index in [4.69, 9.17) is 16.0 Å². The second-order valence-corrected chi connectivity index (χ2v) is 8.94. The molecule has 1 amide bonds. The molecule has 0 aliphatic carbocycles. The van der Waals surface area contributed by atoms with Crippen molar-refractivity contribution in [3.63, 3.8) is 0 Å². The Morgan fingerprint density at radius 2 is 1.53 bits per heavy atom. The number of benzene rings is 3. The summed E-state index contributed by atoms with van der Waals surface area (Å²) in [6.45, 7) is 7.83. The highest BCUT2D eigenvalue weighted by Gasteiger charge is 2.43. The van der Waals surface area contributed by atoms with E-state index in [0.717, 1.165) is 27.8 Å². The maximum absolute atomic E-state index is 13.7. The molecule has 0 saturated heterocycles. The molecule has 0 N–H and O–H groups in total. The minimum absolute atomic E-state index is 0.0908. The smallest absolute Gasteiger partial charge is 0.295 e. The van der Waals surface area contributed by atoms with Crippen LogP contribution in [0, 0.1) is 27.7 Å². The Kier molecular flexibility index (Phi) is 4.72. The van der Waals surface area contributed by atoms with Crippen LogP contribution in [0.15, 0.2) is 63.8 Å². The first-order chi connectivity index (χ1) is 15.3. The number of hydrogen-bond donors (Lipinski definition) is 0. The zero-order valence-electron chi connectivity index (χ0n) is 18.3. The van der Waals surface area contributed by atoms with Crippen LogP contribution in [0.25, 0.3) is 11.0 Å². The van der Waals surface area contributed by atoms with E-state index >= 15 is 0 Å². The van der Waals surface area contributed by atoms with Crippen molar-refractivity contribution in [1.82, 2.24) is 0 Å². The van der Waals surface area contributed by atoms with Gasteiger partial charge in [0.15, 0.2) is 5.43 Å². The van der Waals surface area contributed by atoms with Crippen LogP contribution >= 0.6 is 11.6 Å². The minimum Gasteiger partial charge on any atom is -0.450 e. The maximum Gasteiger partial charge on any atom is 0.295 e. The van der Waals surface area contributed by atoms with Gasteiger partial charge in [-0.3, -0.25) is 14.5 Å². The number of carbonyl (C=O) groups is 1. The van der Waals surface area contributed by atoms with Gasteiger partial charge in [-0.05, 0) is 74.2 Å². The third-order valence-electron chi connectivity index (χ3n) is 6.31. The molecule has 1 atom stereocenters. The van der Waals surface area contributed by atoms with E-state index in [1.54, 1.807) is 11.0 Å². The third kappa shape index (κ3) is 3.06. The molecule has 2 heterocycles. The lowest BCUT2D eigenvalue weighted by Gasteiger charge is -2.25. The van der Waals surface area contributed by atoms with Gasteiger partial charge in [0.2, 0.25) is 5.76 Å². The lowest BCUT2D eigenvalue weighted by Crippen LogP contribution is -2.29. The fourth-order valence-corrected chi connectivity index (χ4v) is 4.46. The monoisotopic (exact) mass is 443 g/mol. The van der Waals surface area contributed by atoms with Crippen LogP contribution in [0.1, 0.15) is 50.0 Å². The third-order valence-corrected chi connectivity index (χ3v) is 6.72. The van der Waals surface area contributed by atoms with Crippen molar-refractivity contribution in [3.05, 3.63) is 109 Å². The van der Waals surface area contributed by atoms with Gasteiger partial charge in [-0.1, -0.05) is 47.5 Å². The fraction of sp³-hybridized carbons (Fsp3) is 0.185. The van der Waals surface area contributed by atoms with Crippen LogP contribution in [0.3, 0.4) is 0 Å². The van der Waals surface area contributed by atoms with Crippen LogP contribution in [0.5, 0.6) is 0 Å². The van der Waals surface area contributed by atoms with Crippen molar-refractivity contribution in [3.8, 4) is 0 Å². The second kappa shape index (κ2) is 7.35. The van der Waals surface area contributed by atoms with E-state index in [1.165, 1.54) is 0 Å². The number of anilines is 1. The number of fused-ring (bicyclic) bond motifs is 2. The summed E-state index contributed by atoms with van der Waals surface area (Å²) < 4.78 is 6.09. The van der Waals surface area contributed by atoms with Crippen LogP contribution in [0.2, 0.25) is 5.02 Å². The Balaban J connectivity index is 1.82. The van der Waals surface area contributed by atoms with Gasteiger partial charge in [0.25, 0.3) is 5.91 Å². The predicted octanol–water partition coefficient (Wildman–Crippen LogP) is 6.43. The molecule has 1 aliphatic heterocycles. The highest BCUT2D eigenvalue weighted by Crippen LogP contribution is 2.42. The summed E-state index contributed by atoms with van der Waals surface area (Å²) >= 11 is 6.39. The van der Waals surface area contributed by atoms with E-state index in [2.05, 4.69) is 0 Å². The number of hydrogen-bond acceptors (Lipinski definition) is 3. The quantitative estimate of drug-likeness (QED) is 0.358. The summed E-state index contributed by atoms with van der Waals surface area (Å²) in [4.78, 5) is 29.0. The summed E-state index contributed by atoms with van der Waals surface area (Å²) in [6, 6.07) is 16.4. The van der Waals surface area contributed by atoms with Crippen LogP contribution in [0.4, 0.5) is 5.69 Å². The molecule has 5 rings (SSSR count). The molecule has 1 aromatic heterocycles. The van der Waals surface area contributed by atoms with Gasteiger partial charge in [0, 0.05) is 10.7 Å². The lowest BCUT2D eigenvalue weighted by atomic mass is 9.96. The zero-order chi connectivity index (χ0) is 22.7. The molecule has 0 radical (unpaired) electrons. The molecule has 5 heteroatoms. The van der Waals surface area contributed by atoms with Crippen molar-refractivity contribution < 1.29 is 9.21 Å². The van der Waals surface area contributed by atoms with Gasteiger partial charge >= 0.3 is 0 Å². The largest absolute Gasteiger partial charge is 0.450 e.